The normalized spacial score (nSPS) is 10.4. The Labute approximate surface area is 124 Å². The first-order valence-corrected chi connectivity index (χ1v) is 6.99. The van der Waals surface area contributed by atoms with Crippen molar-refractivity contribution < 1.29 is 9.21 Å². The Morgan fingerprint density at radius 1 is 1.24 bits per heavy atom. The summed E-state index contributed by atoms with van der Waals surface area (Å²) in [6, 6.07) is 5.64. The van der Waals surface area contributed by atoms with E-state index < -0.39 is 0 Å². The number of nitrogens with zero attached hydrogens (tertiary/aromatic N) is 2. The van der Waals surface area contributed by atoms with Gasteiger partial charge in [0.1, 0.15) is 5.76 Å². The minimum atomic E-state index is -0.00145. The van der Waals surface area contributed by atoms with Crippen molar-refractivity contribution in [2.75, 3.05) is 18.4 Å². The van der Waals surface area contributed by atoms with Gasteiger partial charge in [0.15, 0.2) is 0 Å². The van der Waals surface area contributed by atoms with Gasteiger partial charge in [0.05, 0.1) is 6.26 Å². The molecule has 0 aliphatic rings. The number of aryl methyl sites for hydroxylation is 2. The van der Waals surface area contributed by atoms with Crippen molar-refractivity contribution in [3.8, 4) is 0 Å². The van der Waals surface area contributed by atoms with Gasteiger partial charge in [-0.3, -0.25) is 4.79 Å². The molecule has 0 radical (unpaired) electrons. The van der Waals surface area contributed by atoms with Crippen molar-refractivity contribution in [2.45, 2.75) is 26.7 Å². The van der Waals surface area contributed by atoms with Crippen LogP contribution in [0, 0.1) is 13.8 Å². The molecule has 6 nitrogen and oxygen atoms in total. The van der Waals surface area contributed by atoms with E-state index in [1.807, 2.05) is 32.0 Å². The summed E-state index contributed by atoms with van der Waals surface area (Å²) in [5, 5.41) is 5.91. The summed E-state index contributed by atoms with van der Waals surface area (Å²) in [7, 11) is 0. The highest BCUT2D eigenvalue weighted by molar-refractivity contribution is 5.76. The Morgan fingerprint density at radius 2 is 2.00 bits per heavy atom. The van der Waals surface area contributed by atoms with Gasteiger partial charge in [0.25, 0.3) is 0 Å². The van der Waals surface area contributed by atoms with Crippen LogP contribution in [0.25, 0.3) is 0 Å². The molecule has 2 aromatic heterocycles. The molecule has 0 saturated heterocycles. The predicted octanol–water partition coefficient (Wildman–Crippen LogP) is 1.85. The van der Waals surface area contributed by atoms with Gasteiger partial charge >= 0.3 is 0 Å². The van der Waals surface area contributed by atoms with Gasteiger partial charge in [-0.05, 0) is 32.0 Å². The molecule has 0 saturated carbocycles. The zero-order chi connectivity index (χ0) is 15.1. The molecule has 0 spiro atoms. The number of carbonyl (C=O) groups is 1. The minimum absolute atomic E-state index is 0.00145. The lowest BCUT2D eigenvalue weighted by molar-refractivity contribution is -0.120. The van der Waals surface area contributed by atoms with E-state index >= 15 is 0 Å². The van der Waals surface area contributed by atoms with Crippen LogP contribution in [0.2, 0.25) is 0 Å². The average Bonchev–Trinajstić information content (AvgIpc) is 2.91. The maximum Gasteiger partial charge on any atom is 0.223 e. The van der Waals surface area contributed by atoms with Gasteiger partial charge in [-0.15, -0.1) is 0 Å². The standard InChI is InChI=1S/C15H20N4O2/c1-11-10-12(2)19-15(18-11)17-8-6-14(20)16-7-5-13-4-3-9-21-13/h3-4,9-10H,5-8H2,1-2H3,(H,16,20)(H,17,18,19). The van der Waals surface area contributed by atoms with Gasteiger partial charge in [-0.25, -0.2) is 9.97 Å². The van der Waals surface area contributed by atoms with Crippen LogP contribution in [0.1, 0.15) is 23.6 Å². The highest BCUT2D eigenvalue weighted by Gasteiger charge is 2.03. The topological polar surface area (TPSA) is 80.0 Å². The third-order valence-corrected chi connectivity index (χ3v) is 2.89. The van der Waals surface area contributed by atoms with Crippen molar-refractivity contribution in [3.63, 3.8) is 0 Å². The van der Waals surface area contributed by atoms with Crippen LogP contribution < -0.4 is 10.6 Å². The third kappa shape index (κ3) is 5.25. The fourth-order valence-corrected chi connectivity index (χ4v) is 1.96. The molecule has 2 aromatic rings. The van der Waals surface area contributed by atoms with E-state index in [0.717, 1.165) is 17.1 Å². The van der Waals surface area contributed by atoms with Gasteiger partial charge in [0, 0.05) is 37.3 Å². The summed E-state index contributed by atoms with van der Waals surface area (Å²) in [6.45, 7) is 4.92. The number of hydrogen-bond donors (Lipinski definition) is 2. The molecule has 112 valence electrons. The summed E-state index contributed by atoms with van der Waals surface area (Å²) >= 11 is 0. The Hall–Kier alpha value is -2.37. The second-order valence-corrected chi connectivity index (χ2v) is 4.83. The lowest BCUT2D eigenvalue weighted by Crippen LogP contribution is -2.27. The van der Waals surface area contributed by atoms with Crippen LogP contribution in [0.4, 0.5) is 5.95 Å². The van der Waals surface area contributed by atoms with E-state index in [4.69, 9.17) is 4.42 Å². The summed E-state index contributed by atoms with van der Waals surface area (Å²) in [4.78, 5) is 20.2. The molecule has 0 atom stereocenters. The van der Waals surface area contributed by atoms with Gasteiger partial charge in [-0.2, -0.15) is 0 Å². The van der Waals surface area contributed by atoms with E-state index in [0.29, 0.717) is 31.9 Å². The van der Waals surface area contributed by atoms with E-state index in [1.54, 1.807) is 6.26 Å². The molecule has 21 heavy (non-hydrogen) atoms. The van der Waals surface area contributed by atoms with Gasteiger partial charge < -0.3 is 15.1 Å². The number of amides is 1. The highest BCUT2D eigenvalue weighted by Crippen LogP contribution is 2.03. The minimum Gasteiger partial charge on any atom is -0.469 e. The summed E-state index contributed by atoms with van der Waals surface area (Å²) < 4.78 is 5.20. The summed E-state index contributed by atoms with van der Waals surface area (Å²) in [5.74, 6) is 1.44. The molecular weight excluding hydrogens is 268 g/mol. The average molecular weight is 288 g/mol. The van der Waals surface area contributed by atoms with Crippen molar-refractivity contribution in [1.82, 2.24) is 15.3 Å². The number of furan rings is 1. The maximum absolute atomic E-state index is 11.7. The smallest absolute Gasteiger partial charge is 0.223 e. The molecule has 2 N–H and O–H groups in total. The van der Waals surface area contributed by atoms with E-state index in [1.165, 1.54) is 0 Å². The molecule has 1 amide bonds. The second kappa shape index (κ2) is 7.42. The number of aromatic nitrogens is 2. The number of nitrogens with one attached hydrogen (secondary N) is 2. The lowest BCUT2D eigenvalue weighted by atomic mass is 10.3. The van der Waals surface area contributed by atoms with E-state index in [9.17, 15) is 4.79 Å². The van der Waals surface area contributed by atoms with Crippen molar-refractivity contribution >= 4 is 11.9 Å². The highest BCUT2D eigenvalue weighted by atomic mass is 16.3. The van der Waals surface area contributed by atoms with Crippen LogP contribution >= 0.6 is 0 Å². The maximum atomic E-state index is 11.7. The fraction of sp³-hybridized carbons (Fsp3) is 0.400. The van der Waals surface area contributed by atoms with Crippen LogP contribution in [0.3, 0.4) is 0 Å². The molecule has 0 aliphatic heterocycles. The molecular formula is C15H20N4O2. The zero-order valence-electron chi connectivity index (χ0n) is 12.3. The van der Waals surface area contributed by atoms with Crippen molar-refractivity contribution in [3.05, 3.63) is 41.6 Å². The first-order chi connectivity index (χ1) is 10.1. The molecule has 0 bridgehead atoms. The van der Waals surface area contributed by atoms with Crippen LogP contribution in [0.15, 0.2) is 28.9 Å². The lowest BCUT2D eigenvalue weighted by Gasteiger charge is -2.07. The monoisotopic (exact) mass is 288 g/mol. The number of hydrogen-bond acceptors (Lipinski definition) is 5. The quantitative estimate of drug-likeness (QED) is 0.812. The molecule has 0 aliphatic carbocycles. The summed E-state index contributed by atoms with van der Waals surface area (Å²) in [5.41, 5.74) is 1.82. The Balaban J connectivity index is 1.64. The Kier molecular flexibility index (Phi) is 5.31. The van der Waals surface area contributed by atoms with E-state index in [-0.39, 0.29) is 5.91 Å². The molecule has 0 aromatic carbocycles. The number of rotatable bonds is 7. The molecule has 0 unspecified atom stereocenters. The second-order valence-electron chi connectivity index (χ2n) is 4.83. The summed E-state index contributed by atoms with van der Waals surface area (Å²) in [6.07, 6.45) is 2.71. The molecule has 2 rings (SSSR count). The van der Waals surface area contributed by atoms with E-state index in [2.05, 4.69) is 20.6 Å². The SMILES string of the molecule is Cc1cc(C)nc(NCCC(=O)NCCc2ccco2)n1. The molecule has 6 heteroatoms. The Bertz CT molecular complexity index is 561. The first kappa shape index (κ1) is 15.0. The number of anilines is 1. The predicted molar refractivity (Wildman–Crippen MR) is 80.0 cm³/mol. The Morgan fingerprint density at radius 3 is 2.67 bits per heavy atom. The van der Waals surface area contributed by atoms with Crippen LogP contribution in [-0.4, -0.2) is 29.0 Å². The third-order valence-electron chi connectivity index (χ3n) is 2.89. The zero-order valence-corrected chi connectivity index (χ0v) is 12.3. The molecule has 2 heterocycles. The molecule has 0 fully saturated rings. The van der Waals surface area contributed by atoms with Crippen LogP contribution in [0.5, 0.6) is 0 Å². The largest absolute Gasteiger partial charge is 0.469 e. The van der Waals surface area contributed by atoms with Crippen molar-refractivity contribution in [1.29, 1.82) is 0 Å². The van der Waals surface area contributed by atoms with Gasteiger partial charge in [-0.1, -0.05) is 0 Å². The van der Waals surface area contributed by atoms with Crippen molar-refractivity contribution in [2.24, 2.45) is 0 Å². The van der Waals surface area contributed by atoms with Crippen LogP contribution in [-0.2, 0) is 11.2 Å². The first-order valence-electron chi connectivity index (χ1n) is 6.99. The fourth-order valence-electron chi connectivity index (χ4n) is 1.96. The van der Waals surface area contributed by atoms with Gasteiger partial charge in [0.2, 0.25) is 11.9 Å². The number of carbonyl (C=O) groups excluding carboxylic acids is 1.